The number of hydrogen-bond acceptors (Lipinski definition) is 7. The first-order chi connectivity index (χ1) is 12.5. The highest BCUT2D eigenvalue weighted by molar-refractivity contribution is 8.18. The number of anilines is 1. The molecule has 0 radical (unpaired) electrons. The van der Waals surface area contributed by atoms with Crippen LogP contribution in [-0.2, 0) is 9.53 Å². The van der Waals surface area contributed by atoms with Crippen LogP contribution < -0.4 is 4.90 Å². The fourth-order valence-electron chi connectivity index (χ4n) is 2.92. The number of rotatable bonds is 5. The Hall–Kier alpha value is -2.39. The zero-order valence-electron chi connectivity index (χ0n) is 14.3. The van der Waals surface area contributed by atoms with Gasteiger partial charge in [-0.3, -0.25) is 24.6 Å². The van der Waals surface area contributed by atoms with Crippen LogP contribution in [0.2, 0.25) is 0 Å². The van der Waals surface area contributed by atoms with E-state index in [1.807, 2.05) is 11.8 Å². The molecule has 0 atom stereocenters. The standard InChI is InChI=1S/C17H19N3O5S/c1-2-5-19-16(21)15(26-17(19)22)11-12-3-4-13(14(10-12)20(23)24)18-6-8-25-9-7-18/h3-4,10-11H,2,5-9H2,1H3/b15-11+. The van der Waals surface area contributed by atoms with E-state index in [4.69, 9.17) is 4.74 Å². The molecule has 2 amide bonds. The number of carbonyl (C=O) groups excluding carboxylic acids is 2. The van der Waals surface area contributed by atoms with E-state index in [0.29, 0.717) is 50.5 Å². The van der Waals surface area contributed by atoms with Gasteiger partial charge in [-0.15, -0.1) is 0 Å². The summed E-state index contributed by atoms with van der Waals surface area (Å²) in [6, 6.07) is 4.86. The van der Waals surface area contributed by atoms with Gasteiger partial charge in [-0.1, -0.05) is 13.0 Å². The van der Waals surface area contributed by atoms with Crippen LogP contribution in [0, 0.1) is 10.1 Å². The maximum atomic E-state index is 12.3. The number of morpholine rings is 1. The van der Waals surface area contributed by atoms with Crippen molar-refractivity contribution >= 4 is 40.4 Å². The van der Waals surface area contributed by atoms with Crippen molar-refractivity contribution in [3.05, 3.63) is 38.8 Å². The summed E-state index contributed by atoms with van der Waals surface area (Å²) < 4.78 is 5.29. The highest BCUT2D eigenvalue weighted by Gasteiger charge is 2.34. The lowest BCUT2D eigenvalue weighted by atomic mass is 10.1. The second kappa shape index (κ2) is 7.88. The van der Waals surface area contributed by atoms with Crippen LogP contribution in [0.15, 0.2) is 23.1 Å². The Kier molecular flexibility index (Phi) is 5.58. The van der Waals surface area contributed by atoms with Crippen molar-refractivity contribution in [3.8, 4) is 0 Å². The molecule has 0 aliphatic carbocycles. The lowest BCUT2D eigenvalue weighted by Gasteiger charge is -2.28. The Morgan fingerprint density at radius 2 is 2.04 bits per heavy atom. The first kappa shape index (κ1) is 18.4. The minimum absolute atomic E-state index is 0.0200. The fourth-order valence-corrected chi connectivity index (χ4v) is 3.78. The highest BCUT2D eigenvalue weighted by atomic mass is 32.2. The van der Waals surface area contributed by atoms with Gasteiger partial charge in [0.1, 0.15) is 5.69 Å². The molecule has 2 heterocycles. The molecule has 8 nitrogen and oxygen atoms in total. The van der Waals surface area contributed by atoms with Gasteiger partial charge in [-0.05, 0) is 35.9 Å². The predicted molar refractivity (Wildman–Crippen MR) is 99.1 cm³/mol. The summed E-state index contributed by atoms with van der Waals surface area (Å²) in [6.07, 6.45) is 2.22. The van der Waals surface area contributed by atoms with Crippen LogP contribution in [0.1, 0.15) is 18.9 Å². The maximum Gasteiger partial charge on any atom is 0.293 e. The van der Waals surface area contributed by atoms with Gasteiger partial charge in [0.05, 0.1) is 23.0 Å². The number of nitrogens with zero attached hydrogens (tertiary/aromatic N) is 3. The number of amides is 2. The molecule has 2 aliphatic heterocycles. The SMILES string of the molecule is CCCN1C(=O)S/C(=C/c2ccc(N3CCOCC3)c([N+](=O)[O-])c2)C1=O. The fraction of sp³-hybridized carbons (Fsp3) is 0.412. The van der Waals surface area contributed by atoms with E-state index in [1.54, 1.807) is 12.1 Å². The molecule has 138 valence electrons. The summed E-state index contributed by atoms with van der Waals surface area (Å²) in [7, 11) is 0. The second-order valence-corrected chi connectivity index (χ2v) is 6.93. The summed E-state index contributed by atoms with van der Waals surface area (Å²) in [5, 5.41) is 11.2. The molecule has 0 bridgehead atoms. The van der Waals surface area contributed by atoms with Crippen LogP contribution in [0.5, 0.6) is 0 Å². The third kappa shape index (κ3) is 3.73. The van der Waals surface area contributed by atoms with Gasteiger partial charge >= 0.3 is 0 Å². The van der Waals surface area contributed by atoms with Gasteiger partial charge in [0.25, 0.3) is 16.8 Å². The lowest BCUT2D eigenvalue weighted by molar-refractivity contribution is -0.384. The van der Waals surface area contributed by atoms with Gasteiger partial charge in [0.2, 0.25) is 0 Å². The van der Waals surface area contributed by atoms with E-state index < -0.39 is 4.92 Å². The first-order valence-electron chi connectivity index (χ1n) is 8.37. The van der Waals surface area contributed by atoms with Gasteiger partial charge in [0.15, 0.2) is 0 Å². The molecule has 0 saturated carbocycles. The Morgan fingerprint density at radius 3 is 2.69 bits per heavy atom. The minimum Gasteiger partial charge on any atom is -0.378 e. The molecule has 0 spiro atoms. The van der Waals surface area contributed by atoms with Crippen LogP contribution in [0.4, 0.5) is 16.2 Å². The topological polar surface area (TPSA) is 93.0 Å². The molecule has 2 saturated heterocycles. The zero-order chi connectivity index (χ0) is 18.7. The van der Waals surface area contributed by atoms with Crippen molar-refractivity contribution in [2.45, 2.75) is 13.3 Å². The Balaban J connectivity index is 1.89. The molecule has 1 aromatic rings. The first-order valence-corrected chi connectivity index (χ1v) is 9.19. The number of thioether (sulfide) groups is 1. The van der Waals surface area contributed by atoms with Gasteiger partial charge in [-0.2, -0.15) is 0 Å². The van der Waals surface area contributed by atoms with Gasteiger partial charge < -0.3 is 9.64 Å². The quantitative estimate of drug-likeness (QED) is 0.442. The van der Waals surface area contributed by atoms with Crippen molar-refractivity contribution in [1.29, 1.82) is 0 Å². The smallest absolute Gasteiger partial charge is 0.293 e. The van der Waals surface area contributed by atoms with Crippen molar-refractivity contribution in [1.82, 2.24) is 4.90 Å². The summed E-state index contributed by atoms with van der Waals surface area (Å²) in [6.45, 7) is 4.51. The number of benzene rings is 1. The number of nitro groups is 1. The molecule has 26 heavy (non-hydrogen) atoms. The largest absolute Gasteiger partial charge is 0.378 e. The minimum atomic E-state index is -0.426. The number of carbonyl (C=O) groups is 2. The van der Waals surface area contributed by atoms with E-state index in [9.17, 15) is 19.7 Å². The lowest BCUT2D eigenvalue weighted by Crippen LogP contribution is -2.36. The van der Waals surface area contributed by atoms with Crippen LogP contribution in [0.3, 0.4) is 0 Å². The van der Waals surface area contributed by atoms with E-state index in [0.717, 1.165) is 11.8 Å². The third-order valence-corrected chi connectivity index (χ3v) is 5.07. The number of nitro benzene ring substituents is 1. The second-order valence-electron chi connectivity index (χ2n) is 5.94. The molecule has 0 unspecified atom stereocenters. The molecular weight excluding hydrogens is 358 g/mol. The third-order valence-electron chi connectivity index (χ3n) is 4.17. The van der Waals surface area contributed by atoms with Gasteiger partial charge in [0, 0.05) is 25.7 Å². The van der Waals surface area contributed by atoms with E-state index in [1.165, 1.54) is 17.0 Å². The average molecular weight is 377 g/mol. The molecule has 2 fully saturated rings. The zero-order valence-corrected chi connectivity index (χ0v) is 15.2. The summed E-state index contributed by atoms with van der Waals surface area (Å²) in [5.41, 5.74) is 1.04. The monoisotopic (exact) mass is 377 g/mol. The normalized spacial score (nSPS) is 19.5. The van der Waals surface area contributed by atoms with Crippen molar-refractivity contribution in [3.63, 3.8) is 0 Å². The van der Waals surface area contributed by atoms with Crippen molar-refractivity contribution in [2.75, 3.05) is 37.7 Å². The number of imide groups is 1. The van der Waals surface area contributed by atoms with Crippen LogP contribution in [0.25, 0.3) is 6.08 Å². The molecule has 9 heteroatoms. The Bertz CT molecular complexity index is 774. The van der Waals surface area contributed by atoms with Crippen molar-refractivity contribution < 1.29 is 19.2 Å². The Labute approximate surface area is 154 Å². The molecular formula is C17H19N3O5S. The van der Waals surface area contributed by atoms with Gasteiger partial charge in [-0.25, -0.2) is 0 Å². The predicted octanol–water partition coefficient (Wildman–Crippen LogP) is 2.88. The maximum absolute atomic E-state index is 12.3. The molecule has 3 rings (SSSR count). The summed E-state index contributed by atoms with van der Waals surface area (Å²) >= 11 is 0.865. The molecule has 1 aromatic carbocycles. The van der Waals surface area contributed by atoms with E-state index in [2.05, 4.69) is 0 Å². The molecule has 0 aromatic heterocycles. The van der Waals surface area contributed by atoms with Crippen LogP contribution >= 0.6 is 11.8 Å². The summed E-state index contributed by atoms with van der Waals surface area (Å²) in [4.78, 5) is 38.7. The van der Waals surface area contributed by atoms with E-state index >= 15 is 0 Å². The Morgan fingerprint density at radius 1 is 1.31 bits per heavy atom. The van der Waals surface area contributed by atoms with E-state index in [-0.39, 0.29) is 21.7 Å². The molecule has 0 N–H and O–H groups in total. The average Bonchev–Trinajstić information content (AvgIpc) is 2.90. The van der Waals surface area contributed by atoms with Crippen molar-refractivity contribution in [2.24, 2.45) is 0 Å². The van der Waals surface area contributed by atoms with Crippen LogP contribution in [-0.4, -0.2) is 53.8 Å². The number of ether oxygens (including phenoxy) is 1. The highest BCUT2D eigenvalue weighted by Crippen LogP contribution is 2.35. The summed E-state index contributed by atoms with van der Waals surface area (Å²) in [5.74, 6) is -0.346. The molecule has 2 aliphatic rings. The number of hydrogen-bond donors (Lipinski definition) is 0.